The zero-order valence-electron chi connectivity index (χ0n) is 18.2. The van der Waals surface area contributed by atoms with Gasteiger partial charge in [0.05, 0.1) is 5.75 Å². The average molecular weight is 494 g/mol. The molecule has 0 aliphatic carbocycles. The summed E-state index contributed by atoms with van der Waals surface area (Å²) < 4.78 is 32.2. The minimum Gasteiger partial charge on any atom is -0.431 e. The van der Waals surface area contributed by atoms with Crippen molar-refractivity contribution in [3.05, 3.63) is 102 Å². The molecule has 1 heterocycles. The zero-order valence-corrected chi connectivity index (χ0v) is 19.9. The summed E-state index contributed by atoms with van der Waals surface area (Å²) in [6.45, 7) is 3.68. The van der Waals surface area contributed by atoms with E-state index < -0.39 is 10.0 Å². The fourth-order valence-electron chi connectivity index (χ4n) is 3.26. The molecule has 0 spiro atoms. The van der Waals surface area contributed by atoms with Gasteiger partial charge in [-0.25, -0.2) is 18.1 Å². The molecule has 0 aliphatic heterocycles. The number of benzene rings is 3. The van der Waals surface area contributed by atoms with Gasteiger partial charge in [0, 0.05) is 23.5 Å². The Bertz CT molecular complexity index is 1380. The van der Waals surface area contributed by atoms with Crippen LogP contribution >= 0.6 is 11.8 Å². The van der Waals surface area contributed by atoms with Crippen LogP contribution in [0.1, 0.15) is 21.5 Å². The minimum absolute atomic E-state index is 0.148. The van der Waals surface area contributed by atoms with Gasteiger partial charge in [0.2, 0.25) is 10.0 Å². The second-order valence-electron chi connectivity index (χ2n) is 7.44. The Balaban J connectivity index is 1.41. The van der Waals surface area contributed by atoms with Crippen LogP contribution in [0.15, 0.2) is 95.1 Å². The topological polar surface area (TPSA) is 101 Å². The number of fused-ring (bicyclic) bond motifs is 1. The first-order chi connectivity index (χ1) is 16.4. The maximum atomic E-state index is 12.9. The standard InChI is InChI=1S/C25H23N3O4S2/c1-2-15-26-34(30,31)17-18-11-13-20(14-12-18)27-24(29)21-8-4-3-7-19(21)16-33-25-28-22-9-5-6-10-23(22)32-25/h2-14,26H,1,15-17H2,(H,27,29). The van der Waals surface area contributed by atoms with E-state index in [1.54, 1.807) is 30.3 Å². The third-order valence-electron chi connectivity index (χ3n) is 4.90. The first-order valence-corrected chi connectivity index (χ1v) is 13.1. The van der Waals surface area contributed by atoms with E-state index in [1.807, 2.05) is 42.5 Å². The highest BCUT2D eigenvalue weighted by molar-refractivity contribution is 7.98. The third-order valence-corrected chi connectivity index (χ3v) is 7.10. The number of amides is 1. The largest absolute Gasteiger partial charge is 0.431 e. The monoisotopic (exact) mass is 493 g/mol. The van der Waals surface area contributed by atoms with E-state index in [-0.39, 0.29) is 18.2 Å². The number of aromatic nitrogens is 1. The maximum absolute atomic E-state index is 12.9. The maximum Gasteiger partial charge on any atom is 0.257 e. The minimum atomic E-state index is -3.44. The van der Waals surface area contributed by atoms with Gasteiger partial charge in [0.15, 0.2) is 5.58 Å². The van der Waals surface area contributed by atoms with Crippen LogP contribution in [0.4, 0.5) is 5.69 Å². The molecule has 3 aromatic carbocycles. The van der Waals surface area contributed by atoms with Crippen molar-refractivity contribution in [2.24, 2.45) is 0 Å². The van der Waals surface area contributed by atoms with Crippen LogP contribution in [-0.2, 0) is 21.5 Å². The molecule has 0 fully saturated rings. The molecule has 9 heteroatoms. The number of hydrogen-bond donors (Lipinski definition) is 2. The van der Waals surface area contributed by atoms with E-state index in [1.165, 1.54) is 17.8 Å². The smallest absolute Gasteiger partial charge is 0.257 e. The van der Waals surface area contributed by atoms with Crippen molar-refractivity contribution in [3.63, 3.8) is 0 Å². The van der Waals surface area contributed by atoms with Gasteiger partial charge in [-0.2, -0.15) is 0 Å². The molecule has 174 valence electrons. The van der Waals surface area contributed by atoms with Crippen LogP contribution in [-0.4, -0.2) is 25.9 Å². The number of thioether (sulfide) groups is 1. The predicted molar refractivity (Wildman–Crippen MR) is 135 cm³/mol. The highest BCUT2D eigenvalue weighted by Crippen LogP contribution is 2.27. The summed E-state index contributed by atoms with van der Waals surface area (Å²) in [5, 5.41) is 3.42. The van der Waals surface area contributed by atoms with Crippen LogP contribution in [0.5, 0.6) is 0 Å². The zero-order chi connectivity index (χ0) is 24.0. The second kappa shape index (κ2) is 10.7. The molecule has 1 aromatic heterocycles. The molecule has 0 bridgehead atoms. The number of hydrogen-bond acceptors (Lipinski definition) is 6. The molecule has 2 N–H and O–H groups in total. The van der Waals surface area contributed by atoms with Crippen molar-refractivity contribution in [2.45, 2.75) is 16.7 Å². The van der Waals surface area contributed by atoms with Gasteiger partial charge in [0.25, 0.3) is 11.1 Å². The number of para-hydroxylation sites is 2. The number of carbonyl (C=O) groups is 1. The van der Waals surface area contributed by atoms with Gasteiger partial charge in [-0.1, -0.05) is 60.3 Å². The molecule has 0 radical (unpaired) electrons. The Morgan fingerprint density at radius 2 is 1.76 bits per heavy atom. The lowest BCUT2D eigenvalue weighted by molar-refractivity contribution is 0.102. The van der Waals surface area contributed by atoms with Crippen LogP contribution < -0.4 is 10.0 Å². The second-order valence-corrected chi connectivity index (χ2v) is 10.2. The van der Waals surface area contributed by atoms with Gasteiger partial charge in [-0.3, -0.25) is 4.79 Å². The van der Waals surface area contributed by atoms with E-state index in [4.69, 9.17) is 4.42 Å². The molecule has 4 aromatic rings. The van der Waals surface area contributed by atoms with Crippen molar-refractivity contribution in [2.75, 3.05) is 11.9 Å². The number of carbonyl (C=O) groups excluding carboxylic acids is 1. The van der Waals surface area contributed by atoms with Crippen molar-refractivity contribution in [1.82, 2.24) is 9.71 Å². The summed E-state index contributed by atoms with van der Waals surface area (Å²) in [5.74, 6) is 0.123. The van der Waals surface area contributed by atoms with Crippen molar-refractivity contribution < 1.29 is 17.6 Å². The van der Waals surface area contributed by atoms with Gasteiger partial charge < -0.3 is 9.73 Å². The van der Waals surface area contributed by atoms with Gasteiger partial charge in [0.1, 0.15) is 5.52 Å². The van der Waals surface area contributed by atoms with Crippen LogP contribution in [0.3, 0.4) is 0 Å². The van der Waals surface area contributed by atoms with E-state index in [0.29, 0.717) is 27.8 Å². The summed E-state index contributed by atoms with van der Waals surface area (Å²) in [6, 6.07) is 21.7. The molecule has 34 heavy (non-hydrogen) atoms. The fraction of sp³-hybridized carbons (Fsp3) is 0.120. The first-order valence-electron chi connectivity index (χ1n) is 10.5. The Morgan fingerprint density at radius 1 is 1.03 bits per heavy atom. The van der Waals surface area contributed by atoms with Crippen molar-refractivity contribution >= 4 is 44.5 Å². The van der Waals surface area contributed by atoms with E-state index >= 15 is 0 Å². The number of nitrogens with one attached hydrogen (secondary N) is 2. The molecule has 7 nitrogen and oxygen atoms in total. The molecule has 1 amide bonds. The number of anilines is 1. The fourth-order valence-corrected chi connectivity index (χ4v) is 5.21. The Labute approximate surface area is 202 Å². The molecular weight excluding hydrogens is 470 g/mol. The first kappa shape index (κ1) is 23.7. The highest BCUT2D eigenvalue weighted by atomic mass is 32.2. The molecule has 0 atom stereocenters. The number of nitrogens with zero attached hydrogens (tertiary/aromatic N) is 1. The lowest BCUT2D eigenvalue weighted by Crippen LogP contribution is -2.25. The number of rotatable bonds is 10. The summed E-state index contributed by atoms with van der Waals surface area (Å²) in [7, 11) is -3.44. The van der Waals surface area contributed by atoms with E-state index in [9.17, 15) is 13.2 Å². The molecular formula is C25H23N3O4S2. The lowest BCUT2D eigenvalue weighted by atomic mass is 10.1. The SMILES string of the molecule is C=CCNS(=O)(=O)Cc1ccc(NC(=O)c2ccccc2CSc2nc3ccccc3o2)cc1. The van der Waals surface area contributed by atoms with E-state index in [0.717, 1.165) is 16.7 Å². The molecule has 0 aliphatic rings. The summed E-state index contributed by atoms with van der Waals surface area (Å²) in [4.78, 5) is 17.4. The Hall–Kier alpha value is -3.40. The predicted octanol–water partition coefficient (Wildman–Crippen LogP) is 4.98. The summed E-state index contributed by atoms with van der Waals surface area (Å²) in [5.41, 5.74) is 4.11. The number of oxazole rings is 1. The average Bonchev–Trinajstić information content (AvgIpc) is 3.26. The summed E-state index contributed by atoms with van der Waals surface area (Å²) >= 11 is 1.42. The quantitative estimate of drug-likeness (QED) is 0.239. The van der Waals surface area contributed by atoms with Gasteiger partial charge >= 0.3 is 0 Å². The Kier molecular flexibility index (Phi) is 7.46. The molecule has 4 rings (SSSR count). The molecule has 0 saturated carbocycles. The van der Waals surface area contributed by atoms with Crippen LogP contribution in [0.25, 0.3) is 11.1 Å². The van der Waals surface area contributed by atoms with Crippen molar-refractivity contribution in [3.8, 4) is 0 Å². The van der Waals surface area contributed by atoms with E-state index in [2.05, 4.69) is 21.6 Å². The number of sulfonamides is 1. The normalized spacial score (nSPS) is 11.4. The molecule has 0 saturated heterocycles. The van der Waals surface area contributed by atoms with Gasteiger partial charge in [-0.05, 0) is 41.5 Å². The van der Waals surface area contributed by atoms with Crippen LogP contribution in [0.2, 0.25) is 0 Å². The summed E-state index contributed by atoms with van der Waals surface area (Å²) in [6.07, 6.45) is 1.49. The third kappa shape index (κ3) is 6.13. The van der Waals surface area contributed by atoms with Crippen LogP contribution in [0, 0.1) is 0 Å². The lowest BCUT2D eigenvalue weighted by Gasteiger charge is -2.10. The highest BCUT2D eigenvalue weighted by Gasteiger charge is 2.14. The molecule has 0 unspecified atom stereocenters. The van der Waals surface area contributed by atoms with Crippen molar-refractivity contribution in [1.29, 1.82) is 0 Å². The Morgan fingerprint density at radius 3 is 2.53 bits per heavy atom. The van der Waals surface area contributed by atoms with Gasteiger partial charge in [-0.15, -0.1) is 6.58 Å².